The number of halogens is 1. The maximum atomic E-state index is 13.8. The van der Waals surface area contributed by atoms with Gasteiger partial charge in [-0.1, -0.05) is 12.2 Å². The van der Waals surface area contributed by atoms with Gasteiger partial charge in [0.1, 0.15) is 10.7 Å². The van der Waals surface area contributed by atoms with E-state index in [2.05, 4.69) is 0 Å². The van der Waals surface area contributed by atoms with Crippen molar-refractivity contribution < 1.29 is 21.2 Å². The van der Waals surface area contributed by atoms with E-state index in [0.29, 0.717) is 6.42 Å². The Labute approximate surface area is 117 Å². The Bertz CT molecular complexity index is 754. The second-order valence-corrected chi connectivity index (χ2v) is 8.41. The number of nitrogens with zero attached hydrogens (tertiary/aromatic N) is 1. The third-order valence-corrected chi connectivity index (χ3v) is 5.96. The molecule has 8 heteroatoms. The summed E-state index contributed by atoms with van der Waals surface area (Å²) in [6.45, 7) is 0.409. The summed E-state index contributed by atoms with van der Waals surface area (Å²) in [7, 11) is -7.63. The van der Waals surface area contributed by atoms with Crippen LogP contribution in [0.2, 0.25) is 0 Å². The van der Waals surface area contributed by atoms with Crippen LogP contribution in [0.3, 0.4) is 0 Å². The second kappa shape index (κ2) is 5.27. The lowest BCUT2D eigenvalue weighted by Gasteiger charge is -2.23. The fourth-order valence-electron chi connectivity index (χ4n) is 1.89. The predicted octanol–water partition coefficient (Wildman–Crippen LogP) is 1.18. The number of sulfonamides is 1. The summed E-state index contributed by atoms with van der Waals surface area (Å²) in [5.41, 5.74) is 0. The molecular formula is C12H14FNO4S2. The molecule has 0 amide bonds. The van der Waals surface area contributed by atoms with E-state index < -0.39 is 30.6 Å². The molecule has 0 bridgehead atoms. The van der Waals surface area contributed by atoms with E-state index in [9.17, 15) is 21.2 Å². The van der Waals surface area contributed by atoms with Crippen LogP contribution in [0.4, 0.5) is 4.39 Å². The lowest BCUT2D eigenvalue weighted by atomic mass is 10.3. The second-order valence-electron chi connectivity index (χ2n) is 4.49. The largest absolute Gasteiger partial charge is 0.246 e. The van der Waals surface area contributed by atoms with Gasteiger partial charge in [-0.2, -0.15) is 4.31 Å². The Morgan fingerprint density at radius 2 is 1.85 bits per heavy atom. The molecule has 0 fully saturated rings. The Hall–Kier alpha value is -1.25. The molecule has 0 atom stereocenters. The zero-order valence-electron chi connectivity index (χ0n) is 10.8. The van der Waals surface area contributed by atoms with Gasteiger partial charge >= 0.3 is 0 Å². The third-order valence-electron chi connectivity index (χ3n) is 2.97. The minimum atomic E-state index is -4.03. The Morgan fingerprint density at radius 3 is 2.40 bits per heavy atom. The van der Waals surface area contributed by atoms with Gasteiger partial charge in [0, 0.05) is 19.3 Å². The third kappa shape index (κ3) is 2.92. The fraction of sp³-hybridized carbons (Fsp3) is 0.333. The Balaban J connectivity index is 2.54. The first-order chi connectivity index (χ1) is 9.23. The van der Waals surface area contributed by atoms with E-state index in [1.807, 2.05) is 6.08 Å². The van der Waals surface area contributed by atoms with E-state index in [1.54, 1.807) is 6.08 Å². The molecule has 1 aliphatic heterocycles. The van der Waals surface area contributed by atoms with Gasteiger partial charge in [0.25, 0.3) is 0 Å². The van der Waals surface area contributed by atoms with Crippen molar-refractivity contribution in [1.29, 1.82) is 0 Å². The number of hydrogen-bond acceptors (Lipinski definition) is 4. The van der Waals surface area contributed by atoms with Crippen LogP contribution in [0.5, 0.6) is 0 Å². The molecule has 1 aliphatic rings. The molecule has 0 aromatic heterocycles. The van der Waals surface area contributed by atoms with Gasteiger partial charge in [0.05, 0.1) is 4.90 Å². The molecule has 1 aromatic rings. The van der Waals surface area contributed by atoms with Gasteiger partial charge in [-0.15, -0.1) is 0 Å². The van der Waals surface area contributed by atoms with Crippen LogP contribution in [0.1, 0.15) is 6.42 Å². The molecule has 5 nitrogen and oxygen atoms in total. The molecule has 20 heavy (non-hydrogen) atoms. The van der Waals surface area contributed by atoms with E-state index in [1.165, 1.54) is 0 Å². The average Bonchev–Trinajstić information content (AvgIpc) is 2.38. The summed E-state index contributed by atoms with van der Waals surface area (Å²) in [6.07, 6.45) is 5.02. The number of rotatable bonds is 3. The van der Waals surface area contributed by atoms with E-state index in [-0.39, 0.29) is 18.0 Å². The summed E-state index contributed by atoms with van der Waals surface area (Å²) < 4.78 is 62.5. The standard InChI is InChI=1S/C12H14FNO4S2/c1-19(15,16)10-5-6-11(13)12(9-10)20(17,18)14-7-3-2-4-8-14/h2-3,5-6,9H,4,7-8H2,1H3. The van der Waals surface area contributed by atoms with E-state index in [4.69, 9.17) is 0 Å². The molecule has 1 heterocycles. The highest BCUT2D eigenvalue weighted by Crippen LogP contribution is 2.24. The van der Waals surface area contributed by atoms with Crippen LogP contribution in [-0.2, 0) is 19.9 Å². The van der Waals surface area contributed by atoms with Crippen molar-refractivity contribution in [3.63, 3.8) is 0 Å². The first-order valence-corrected chi connectivity index (χ1v) is 9.21. The van der Waals surface area contributed by atoms with Gasteiger partial charge in [0.15, 0.2) is 9.84 Å². The highest BCUT2D eigenvalue weighted by atomic mass is 32.2. The maximum Gasteiger partial charge on any atom is 0.246 e. The SMILES string of the molecule is CS(=O)(=O)c1ccc(F)c(S(=O)(=O)N2CC=CCC2)c1. The van der Waals surface area contributed by atoms with Crippen LogP contribution in [0, 0.1) is 5.82 Å². The number of sulfone groups is 1. The Morgan fingerprint density at radius 1 is 1.15 bits per heavy atom. The highest BCUT2D eigenvalue weighted by Gasteiger charge is 2.28. The normalized spacial score (nSPS) is 17.3. The molecular weight excluding hydrogens is 305 g/mol. The molecule has 0 N–H and O–H groups in total. The van der Waals surface area contributed by atoms with Crippen molar-refractivity contribution in [3.8, 4) is 0 Å². The topological polar surface area (TPSA) is 71.5 Å². The summed E-state index contributed by atoms with van der Waals surface area (Å²) in [5, 5.41) is 0. The summed E-state index contributed by atoms with van der Waals surface area (Å²) in [4.78, 5) is -0.819. The molecule has 0 spiro atoms. The summed E-state index contributed by atoms with van der Waals surface area (Å²) in [5.74, 6) is -0.952. The van der Waals surface area contributed by atoms with Gasteiger partial charge in [-0.05, 0) is 24.6 Å². The monoisotopic (exact) mass is 319 g/mol. The summed E-state index contributed by atoms with van der Waals surface area (Å²) in [6, 6.07) is 2.79. The predicted molar refractivity (Wildman–Crippen MR) is 72.0 cm³/mol. The van der Waals surface area contributed by atoms with Gasteiger partial charge < -0.3 is 0 Å². The molecule has 0 saturated carbocycles. The van der Waals surface area contributed by atoms with Crippen LogP contribution < -0.4 is 0 Å². The van der Waals surface area contributed by atoms with Crippen molar-refractivity contribution >= 4 is 19.9 Å². The molecule has 110 valence electrons. The smallest absolute Gasteiger partial charge is 0.224 e. The van der Waals surface area contributed by atoms with Crippen LogP contribution in [0.25, 0.3) is 0 Å². The van der Waals surface area contributed by atoms with Crippen molar-refractivity contribution in [2.45, 2.75) is 16.2 Å². The van der Waals surface area contributed by atoms with Crippen molar-refractivity contribution in [2.75, 3.05) is 19.3 Å². The zero-order valence-corrected chi connectivity index (χ0v) is 12.4. The molecule has 0 unspecified atom stereocenters. The van der Waals surface area contributed by atoms with Crippen LogP contribution >= 0.6 is 0 Å². The molecule has 0 aliphatic carbocycles. The minimum absolute atomic E-state index is 0.158. The first-order valence-electron chi connectivity index (χ1n) is 5.88. The lowest BCUT2D eigenvalue weighted by Crippen LogP contribution is -2.34. The van der Waals surface area contributed by atoms with Crippen LogP contribution in [0.15, 0.2) is 40.1 Å². The van der Waals surface area contributed by atoms with Gasteiger partial charge in [-0.3, -0.25) is 0 Å². The maximum absolute atomic E-state index is 13.8. The molecule has 2 rings (SSSR count). The minimum Gasteiger partial charge on any atom is -0.224 e. The molecule has 0 saturated heterocycles. The fourth-order valence-corrected chi connectivity index (χ4v) is 4.11. The zero-order chi connectivity index (χ0) is 15.0. The van der Waals surface area contributed by atoms with Crippen LogP contribution in [-0.4, -0.2) is 40.5 Å². The summed E-state index contributed by atoms with van der Waals surface area (Å²) >= 11 is 0. The van der Waals surface area contributed by atoms with Crippen molar-refractivity contribution in [2.24, 2.45) is 0 Å². The average molecular weight is 319 g/mol. The highest BCUT2D eigenvalue weighted by molar-refractivity contribution is 7.91. The lowest BCUT2D eigenvalue weighted by molar-refractivity contribution is 0.432. The molecule has 1 aromatic carbocycles. The Kier molecular flexibility index (Phi) is 3.99. The molecule has 0 radical (unpaired) electrons. The quantitative estimate of drug-likeness (QED) is 0.619. The van der Waals surface area contributed by atoms with Gasteiger partial charge in [0.2, 0.25) is 10.0 Å². The van der Waals surface area contributed by atoms with E-state index >= 15 is 0 Å². The van der Waals surface area contributed by atoms with Gasteiger partial charge in [-0.25, -0.2) is 21.2 Å². The first kappa shape index (κ1) is 15.1. The number of hydrogen-bond donors (Lipinski definition) is 0. The number of benzene rings is 1. The van der Waals surface area contributed by atoms with Crippen molar-refractivity contribution in [1.82, 2.24) is 4.31 Å². The van der Waals surface area contributed by atoms with E-state index in [0.717, 1.165) is 28.8 Å². The van der Waals surface area contributed by atoms with Crippen molar-refractivity contribution in [3.05, 3.63) is 36.2 Å².